The van der Waals surface area contributed by atoms with Gasteiger partial charge in [-0.2, -0.15) is 0 Å². The molecule has 1 radical (unpaired) electrons. The predicted octanol–water partition coefficient (Wildman–Crippen LogP) is 2.26. The Morgan fingerprint density at radius 1 is 1.44 bits per heavy atom. The van der Waals surface area contributed by atoms with Crippen LogP contribution in [0.1, 0.15) is 32.6 Å². The van der Waals surface area contributed by atoms with E-state index < -0.39 is 0 Å². The number of rotatable bonds is 6. The van der Waals surface area contributed by atoms with E-state index in [0.29, 0.717) is 6.61 Å². The first-order chi connectivity index (χ1) is 4.41. The Hall–Kier alpha value is -0.0800. The highest BCUT2D eigenvalue weighted by atomic mass is 17.1. The largest absolute Gasteiger partial charge is 0.252 e. The molecular weight excluding hydrogens is 116 g/mol. The van der Waals surface area contributed by atoms with E-state index in [2.05, 4.69) is 18.2 Å². The van der Waals surface area contributed by atoms with E-state index in [0.717, 1.165) is 25.7 Å². The second-order valence-corrected chi connectivity index (χ2v) is 2.03. The topological polar surface area (TPSA) is 29.5 Å². The summed E-state index contributed by atoms with van der Waals surface area (Å²) in [5.74, 6) is 0. The maximum atomic E-state index is 7.91. The lowest BCUT2D eigenvalue weighted by atomic mass is 10.2. The Kier molecular flexibility index (Phi) is 7.85. The van der Waals surface area contributed by atoms with Crippen LogP contribution in [0.2, 0.25) is 0 Å². The van der Waals surface area contributed by atoms with Crippen molar-refractivity contribution in [2.45, 2.75) is 32.6 Å². The normalized spacial score (nSPS) is 10.0. The van der Waals surface area contributed by atoms with Crippen molar-refractivity contribution in [1.29, 1.82) is 0 Å². The molecule has 0 atom stereocenters. The summed E-state index contributed by atoms with van der Waals surface area (Å²) in [6.07, 6.45) is 6.58. The van der Waals surface area contributed by atoms with Crippen LogP contribution in [0.5, 0.6) is 0 Å². The number of hydrogen-bond acceptors (Lipinski definition) is 2. The van der Waals surface area contributed by atoms with Gasteiger partial charge in [-0.05, 0) is 12.8 Å². The van der Waals surface area contributed by atoms with Gasteiger partial charge >= 0.3 is 0 Å². The van der Waals surface area contributed by atoms with Gasteiger partial charge in [0.15, 0.2) is 0 Å². The van der Waals surface area contributed by atoms with E-state index >= 15 is 0 Å². The molecule has 0 rings (SSSR count). The van der Waals surface area contributed by atoms with Crippen molar-refractivity contribution in [1.82, 2.24) is 0 Å². The van der Waals surface area contributed by atoms with Crippen molar-refractivity contribution in [3.63, 3.8) is 0 Å². The molecule has 2 nitrogen and oxygen atoms in total. The van der Waals surface area contributed by atoms with Crippen molar-refractivity contribution in [2.75, 3.05) is 6.61 Å². The molecule has 55 valence electrons. The van der Waals surface area contributed by atoms with Crippen molar-refractivity contribution in [2.24, 2.45) is 0 Å². The molecular formula is C7H15O2. The van der Waals surface area contributed by atoms with E-state index in [4.69, 9.17) is 5.26 Å². The summed E-state index contributed by atoms with van der Waals surface area (Å²) < 4.78 is 0. The van der Waals surface area contributed by atoms with Gasteiger partial charge in [-0.3, -0.25) is 5.26 Å². The SMILES string of the molecule is CC[CH]CCCCOO. The van der Waals surface area contributed by atoms with Gasteiger partial charge in [0.1, 0.15) is 0 Å². The first-order valence-corrected chi connectivity index (χ1v) is 3.49. The average molecular weight is 131 g/mol. The molecule has 0 aliphatic rings. The van der Waals surface area contributed by atoms with Crippen LogP contribution >= 0.6 is 0 Å². The summed E-state index contributed by atoms with van der Waals surface area (Å²) >= 11 is 0. The smallest absolute Gasteiger partial charge is 0.0819 e. The molecule has 0 bridgehead atoms. The lowest BCUT2D eigenvalue weighted by Gasteiger charge is -1.95. The van der Waals surface area contributed by atoms with Crippen LogP contribution in [-0.2, 0) is 4.89 Å². The van der Waals surface area contributed by atoms with Gasteiger partial charge in [-0.15, -0.1) is 0 Å². The fourth-order valence-corrected chi connectivity index (χ4v) is 0.659. The zero-order valence-corrected chi connectivity index (χ0v) is 5.97. The molecule has 0 amide bonds. The number of hydrogen-bond donors (Lipinski definition) is 1. The fraction of sp³-hybridized carbons (Fsp3) is 0.857. The Bertz CT molecular complexity index is 40.2. The Morgan fingerprint density at radius 2 is 2.22 bits per heavy atom. The minimum Gasteiger partial charge on any atom is -0.252 e. The zero-order chi connectivity index (χ0) is 6.95. The molecule has 0 fully saturated rings. The van der Waals surface area contributed by atoms with Gasteiger partial charge < -0.3 is 0 Å². The van der Waals surface area contributed by atoms with Crippen LogP contribution in [-0.4, -0.2) is 11.9 Å². The van der Waals surface area contributed by atoms with E-state index in [-0.39, 0.29) is 0 Å². The summed E-state index contributed by atoms with van der Waals surface area (Å²) in [5, 5.41) is 7.91. The molecule has 0 aromatic carbocycles. The van der Waals surface area contributed by atoms with E-state index in [1.165, 1.54) is 0 Å². The second kappa shape index (κ2) is 7.92. The zero-order valence-electron chi connectivity index (χ0n) is 5.97. The molecule has 0 saturated carbocycles. The van der Waals surface area contributed by atoms with Crippen molar-refractivity contribution in [3.8, 4) is 0 Å². The average Bonchev–Trinajstić information content (AvgIpc) is 1.89. The molecule has 0 heterocycles. The minimum atomic E-state index is 0.470. The molecule has 0 aliphatic heterocycles. The Balaban J connectivity index is 2.60. The third-order valence-electron chi connectivity index (χ3n) is 1.18. The van der Waals surface area contributed by atoms with Gasteiger partial charge in [0.2, 0.25) is 0 Å². The lowest BCUT2D eigenvalue weighted by Crippen LogP contribution is -1.88. The van der Waals surface area contributed by atoms with Crippen LogP contribution in [0.4, 0.5) is 0 Å². The molecule has 0 unspecified atom stereocenters. The van der Waals surface area contributed by atoms with Crippen LogP contribution in [0.15, 0.2) is 0 Å². The molecule has 2 heteroatoms. The summed E-state index contributed by atoms with van der Waals surface area (Å²) in [6.45, 7) is 2.60. The van der Waals surface area contributed by atoms with Gasteiger partial charge in [-0.25, -0.2) is 4.89 Å². The first-order valence-electron chi connectivity index (χ1n) is 3.49. The van der Waals surface area contributed by atoms with E-state index in [1.807, 2.05) is 0 Å². The van der Waals surface area contributed by atoms with E-state index in [9.17, 15) is 0 Å². The predicted molar refractivity (Wildman–Crippen MR) is 37.0 cm³/mol. The fourth-order valence-electron chi connectivity index (χ4n) is 0.659. The van der Waals surface area contributed by atoms with E-state index in [1.54, 1.807) is 0 Å². The summed E-state index contributed by atoms with van der Waals surface area (Å²) in [4.78, 5) is 3.91. The van der Waals surface area contributed by atoms with Crippen molar-refractivity contribution >= 4 is 0 Å². The van der Waals surface area contributed by atoms with Gasteiger partial charge in [0.25, 0.3) is 0 Å². The molecule has 0 aliphatic carbocycles. The quantitative estimate of drug-likeness (QED) is 0.340. The maximum absolute atomic E-state index is 7.91. The van der Waals surface area contributed by atoms with Gasteiger partial charge in [0.05, 0.1) is 6.61 Å². The summed E-state index contributed by atoms with van der Waals surface area (Å²) in [6, 6.07) is 0. The monoisotopic (exact) mass is 131 g/mol. The van der Waals surface area contributed by atoms with Gasteiger partial charge in [0, 0.05) is 0 Å². The molecule has 9 heavy (non-hydrogen) atoms. The molecule has 0 aromatic heterocycles. The minimum absolute atomic E-state index is 0.470. The van der Waals surface area contributed by atoms with Crippen LogP contribution < -0.4 is 0 Å². The summed E-state index contributed by atoms with van der Waals surface area (Å²) in [7, 11) is 0. The Labute approximate surface area is 56.8 Å². The second-order valence-electron chi connectivity index (χ2n) is 2.03. The number of unbranched alkanes of at least 4 members (excludes halogenated alkanes) is 4. The van der Waals surface area contributed by atoms with Crippen molar-refractivity contribution < 1.29 is 10.1 Å². The highest BCUT2D eigenvalue weighted by molar-refractivity contribution is 4.60. The maximum Gasteiger partial charge on any atom is 0.0819 e. The highest BCUT2D eigenvalue weighted by Crippen LogP contribution is 2.00. The standard InChI is InChI=1S/C7H15O2/c1-2-3-4-5-6-7-9-8/h3,8H,2,4-7H2,1H3. The summed E-state index contributed by atoms with van der Waals surface area (Å²) in [5.41, 5.74) is 0. The lowest BCUT2D eigenvalue weighted by molar-refractivity contribution is -0.242. The van der Waals surface area contributed by atoms with Crippen LogP contribution in [0.25, 0.3) is 0 Å². The van der Waals surface area contributed by atoms with Crippen LogP contribution in [0, 0.1) is 6.42 Å². The highest BCUT2D eigenvalue weighted by Gasteiger charge is 1.87. The third-order valence-corrected chi connectivity index (χ3v) is 1.18. The van der Waals surface area contributed by atoms with Gasteiger partial charge in [-0.1, -0.05) is 26.2 Å². The van der Waals surface area contributed by atoms with Crippen LogP contribution in [0.3, 0.4) is 0 Å². The molecule has 0 spiro atoms. The molecule has 0 aromatic rings. The molecule has 1 N–H and O–H groups in total. The van der Waals surface area contributed by atoms with Crippen molar-refractivity contribution in [3.05, 3.63) is 6.42 Å². The molecule has 0 saturated heterocycles. The Morgan fingerprint density at radius 3 is 2.78 bits per heavy atom. The third kappa shape index (κ3) is 7.92. The first kappa shape index (κ1) is 8.92.